The van der Waals surface area contributed by atoms with Crippen molar-refractivity contribution in [2.75, 3.05) is 9.80 Å². The molecule has 3 heterocycles. The lowest BCUT2D eigenvalue weighted by molar-refractivity contribution is 0.669. The Labute approximate surface area is 435 Å². The van der Waals surface area contributed by atoms with E-state index in [1.807, 2.05) is 0 Å². The van der Waals surface area contributed by atoms with Crippen molar-refractivity contribution in [1.82, 2.24) is 0 Å². The minimum absolute atomic E-state index is 0.873. The van der Waals surface area contributed by atoms with E-state index in [1.54, 1.807) is 0 Å². The molecule has 0 N–H and O–H groups in total. The highest BCUT2D eigenvalue weighted by Gasteiger charge is 2.50. The monoisotopic (exact) mass is 974 g/mol. The first-order valence-corrected chi connectivity index (χ1v) is 27.6. The molecule has 0 spiro atoms. The van der Waals surface area contributed by atoms with Crippen LogP contribution in [0.5, 0.6) is 0 Å². The maximum absolute atomic E-state index is 6.81. The van der Waals surface area contributed by atoms with Crippen LogP contribution in [0.1, 0.15) is 0 Å². The number of anilines is 6. The Morgan fingerprint density at radius 2 is 0.800 bits per heavy atom. The molecule has 5 heteroatoms. The molecular formula is C70H46N2O2Si. The van der Waals surface area contributed by atoms with E-state index >= 15 is 0 Å². The minimum atomic E-state index is -3.38. The molecule has 2 aromatic heterocycles. The molecule has 12 aromatic carbocycles. The van der Waals surface area contributed by atoms with Gasteiger partial charge in [0.1, 0.15) is 22.3 Å². The first kappa shape index (κ1) is 42.9. The van der Waals surface area contributed by atoms with Gasteiger partial charge in [-0.2, -0.15) is 0 Å². The van der Waals surface area contributed by atoms with E-state index in [9.17, 15) is 0 Å². The second-order valence-corrected chi connectivity index (χ2v) is 23.3. The number of benzene rings is 12. The molecule has 0 aliphatic carbocycles. The van der Waals surface area contributed by atoms with Gasteiger partial charge in [-0.15, -0.1) is 0 Å². The summed E-state index contributed by atoms with van der Waals surface area (Å²) >= 11 is 0. The molecule has 0 unspecified atom stereocenters. The second kappa shape index (κ2) is 17.2. The van der Waals surface area contributed by atoms with E-state index in [0.29, 0.717) is 0 Å². The molecular weight excluding hydrogens is 929 g/mol. The van der Waals surface area contributed by atoms with E-state index in [-0.39, 0.29) is 0 Å². The van der Waals surface area contributed by atoms with E-state index in [2.05, 4.69) is 289 Å². The molecule has 4 nitrogen and oxygen atoms in total. The number of furan rings is 2. The lowest BCUT2D eigenvalue weighted by Gasteiger charge is -2.45. The largest absolute Gasteiger partial charge is 0.456 e. The number of rotatable bonds is 8. The summed E-state index contributed by atoms with van der Waals surface area (Å²) in [7, 11) is -3.38. The molecule has 0 bridgehead atoms. The van der Waals surface area contributed by atoms with Gasteiger partial charge in [-0.25, -0.2) is 0 Å². The summed E-state index contributed by atoms with van der Waals surface area (Å²) in [6.07, 6.45) is 0. The average Bonchev–Trinajstić information content (AvgIpc) is 4.06. The summed E-state index contributed by atoms with van der Waals surface area (Å²) < 4.78 is 13.6. The molecule has 0 amide bonds. The van der Waals surface area contributed by atoms with Gasteiger partial charge in [-0.1, -0.05) is 194 Å². The first-order chi connectivity index (χ1) is 37.2. The van der Waals surface area contributed by atoms with Gasteiger partial charge < -0.3 is 18.6 Å². The molecule has 0 atom stereocenters. The van der Waals surface area contributed by atoms with Crippen LogP contribution in [0.4, 0.5) is 34.1 Å². The highest BCUT2D eigenvalue weighted by Crippen LogP contribution is 2.44. The number of para-hydroxylation sites is 4. The Hall–Kier alpha value is -9.68. The summed E-state index contributed by atoms with van der Waals surface area (Å²) in [5.41, 5.74) is 14.8. The number of hydrogen-bond donors (Lipinski definition) is 0. The van der Waals surface area contributed by atoms with Crippen molar-refractivity contribution in [2.45, 2.75) is 0 Å². The van der Waals surface area contributed by atoms with Gasteiger partial charge in [-0.05, 0) is 139 Å². The van der Waals surface area contributed by atoms with Crippen LogP contribution >= 0.6 is 0 Å². The molecule has 1 aliphatic rings. The van der Waals surface area contributed by atoms with Crippen LogP contribution in [0.15, 0.2) is 288 Å². The van der Waals surface area contributed by atoms with Gasteiger partial charge in [0.2, 0.25) is 0 Å². The molecule has 352 valence electrons. The van der Waals surface area contributed by atoms with Crippen LogP contribution < -0.4 is 30.5 Å². The van der Waals surface area contributed by atoms with Crippen LogP contribution in [0.2, 0.25) is 0 Å². The Balaban J connectivity index is 1.02. The topological polar surface area (TPSA) is 32.8 Å². The number of nitrogens with zero attached hydrogens (tertiary/aromatic N) is 2. The third-order valence-electron chi connectivity index (χ3n) is 15.5. The highest BCUT2D eigenvalue weighted by molar-refractivity contribution is 7.21. The van der Waals surface area contributed by atoms with Crippen molar-refractivity contribution >= 4 is 118 Å². The van der Waals surface area contributed by atoms with E-state index in [4.69, 9.17) is 8.83 Å². The maximum atomic E-state index is 6.81. The third-order valence-corrected chi connectivity index (χ3v) is 20.3. The van der Waals surface area contributed by atoms with Crippen LogP contribution in [0.3, 0.4) is 0 Å². The van der Waals surface area contributed by atoms with Crippen LogP contribution in [0, 0.1) is 0 Å². The predicted molar refractivity (Wildman–Crippen MR) is 316 cm³/mol. The number of fused-ring (bicyclic) bond motifs is 9. The Bertz CT molecular complexity index is 4370. The molecule has 1 aliphatic heterocycles. The van der Waals surface area contributed by atoms with Crippen molar-refractivity contribution in [3.8, 4) is 22.3 Å². The smallest absolute Gasteiger partial charge is 0.184 e. The zero-order valence-electron chi connectivity index (χ0n) is 40.8. The highest BCUT2D eigenvalue weighted by atomic mass is 28.3. The SMILES string of the molecule is c1ccc(-c2ccc(N(c3ccc(-c4cccc5ccccc45)cc3)c3ccc4c(c3)[Si](c3ccc5c(c3)oc3ccccc35)(c3ccc5c(c3)oc3ccccc35)c3ccccc3N4c3ccccc3)cc2)cc1. The van der Waals surface area contributed by atoms with Gasteiger partial charge in [0.05, 0.1) is 0 Å². The third kappa shape index (κ3) is 6.82. The van der Waals surface area contributed by atoms with E-state index in [1.165, 1.54) is 53.8 Å². The van der Waals surface area contributed by atoms with Gasteiger partial charge in [0.25, 0.3) is 0 Å². The maximum Gasteiger partial charge on any atom is 0.184 e. The van der Waals surface area contributed by atoms with E-state index < -0.39 is 8.07 Å². The fraction of sp³-hybridized carbons (Fsp3) is 0. The van der Waals surface area contributed by atoms with Gasteiger partial charge in [0.15, 0.2) is 8.07 Å². The Kier molecular flexibility index (Phi) is 9.87. The molecule has 15 rings (SSSR count). The summed E-state index contributed by atoms with van der Waals surface area (Å²) in [6.45, 7) is 0. The molecule has 0 saturated heterocycles. The van der Waals surface area contributed by atoms with Crippen molar-refractivity contribution in [2.24, 2.45) is 0 Å². The first-order valence-electron chi connectivity index (χ1n) is 25.6. The van der Waals surface area contributed by atoms with Crippen LogP contribution in [-0.4, -0.2) is 8.07 Å². The van der Waals surface area contributed by atoms with Gasteiger partial charge >= 0.3 is 0 Å². The summed E-state index contributed by atoms with van der Waals surface area (Å²) in [6, 6.07) is 102. The van der Waals surface area contributed by atoms with Crippen molar-refractivity contribution < 1.29 is 8.83 Å². The average molecular weight is 975 g/mol. The molecule has 0 fully saturated rings. The molecule has 75 heavy (non-hydrogen) atoms. The van der Waals surface area contributed by atoms with Crippen LogP contribution in [-0.2, 0) is 0 Å². The van der Waals surface area contributed by atoms with Gasteiger partial charge in [0, 0.05) is 55.7 Å². The van der Waals surface area contributed by atoms with Crippen molar-refractivity contribution in [3.05, 3.63) is 279 Å². The fourth-order valence-electron chi connectivity index (χ4n) is 12.1. The summed E-state index contributed by atoms with van der Waals surface area (Å²) in [4.78, 5) is 4.90. The quantitative estimate of drug-likeness (QED) is 0.142. The zero-order chi connectivity index (χ0) is 49.5. The summed E-state index contributed by atoms with van der Waals surface area (Å²) in [5, 5.41) is 11.9. The van der Waals surface area contributed by atoms with Gasteiger partial charge in [-0.3, -0.25) is 0 Å². The Morgan fingerprint density at radius 1 is 0.307 bits per heavy atom. The van der Waals surface area contributed by atoms with E-state index in [0.717, 1.165) is 78.0 Å². The fourth-order valence-corrected chi connectivity index (χ4v) is 17.2. The standard InChI is InChI=1S/C70H46N2O2Si/c1-3-16-47(17-4-1)48-30-34-52(35-31-48)71(53-36-32-50(33-37-53)58-25-15-19-49-18-7-8-22-57(49)58)54-38-43-64-70(44-54)75(55-39-41-61-59-23-9-12-27-65(59)73-67(61)45-55,56-40-42-62-60-24-10-13-28-66(60)74-68(62)46-56)69-29-14-11-26-63(69)72(64)51-20-5-2-6-21-51/h1-46H. The lowest BCUT2D eigenvalue weighted by Crippen LogP contribution is -2.77. The normalized spacial score (nSPS) is 12.9. The van der Waals surface area contributed by atoms with Crippen molar-refractivity contribution in [1.29, 1.82) is 0 Å². The summed E-state index contributed by atoms with van der Waals surface area (Å²) in [5.74, 6) is 0. The molecule has 0 radical (unpaired) electrons. The minimum Gasteiger partial charge on any atom is -0.456 e. The molecule has 0 saturated carbocycles. The lowest BCUT2D eigenvalue weighted by atomic mass is 9.98. The zero-order valence-corrected chi connectivity index (χ0v) is 41.8. The van der Waals surface area contributed by atoms with Crippen molar-refractivity contribution in [3.63, 3.8) is 0 Å². The second-order valence-electron chi connectivity index (χ2n) is 19.6. The Morgan fingerprint density at radius 3 is 1.47 bits per heavy atom. The number of hydrogen-bond acceptors (Lipinski definition) is 4. The van der Waals surface area contributed by atoms with Crippen LogP contribution in [0.25, 0.3) is 76.9 Å². The predicted octanol–water partition coefficient (Wildman–Crippen LogP) is 16.6. The molecule has 14 aromatic rings.